The van der Waals surface area contributed by atoms with Crippen molar-refractivity contribution in [1.82, 2.24) is 15.6 Å². The van der Waals surface area contributed by atoms with Crippen LogP contribution in [0.15, 0.2) is 23.1 Å². The van der Waals surface area contributed by atoms with Crippen LogP contribution in [-0.4, -0.2) is 28.4 Å². The van der Waals surface area contributed by atoms with E-state index in [0.717, 1.165) is 0 Å². The van der Waals surface area contributed by atoms with Crippen LogP contribution >= 0.6 is 0 Å². The number of carbonyl (C=O) groups is 2. The molecule has 0 bridgehead atoms. The third-order valence-electron chi connectivity index (χ3n) is 2.29. The zero-order valence-corrected chi connectivity index (χ0v) is 11.5. The largest absolute Gasteiger partial charge is 0.350 e. The van der Waals surface area contributed by atoms with Gasteiger partial charge in [-0.3, -0.25) is 14.4 Å². The first-order chi connectivity index (χ1) is 8.69. The Hall–Kier alpha value is -2.11. The van der Waals surface area contributed by atoms with Gasteiger partial charge in [0, 0.05) is 17.8 Å². The number of H-pyrrole nitrogens is 1. The van der Waals surface area contributed by atoms with Crippen LogP contribution in [-0.2, 0) is 4.79 Å². The quantitative estimate of drug-likeness (QED) is 0.739. The predicted molar refractivity (Wildman–Crippen MR) is 71.9 cm³/mol. The number of rotatable bonds is 3. The van der Waals surface area contributed by atoms with Gasteiger partial charge < -0.3 is 15.6 Å². The van der Waals surface area contributed by atoms with Gasteiger partial charge in [0.2, 0.25) is 11.5 Å². The zero-order valence-electron chi connectivity index (χ0n) is 11.5. The first-order valence-electron chi connectivity index (χ1n) is 6.01. The molecule has 6 nitrogen and oxygen atoms in total. The maximum Gasteiger partial charge on any atom is 0.253 e. The summed E-state index contributed by atoms with van der Waals surface area (Å²) in [4.78, 5) is 36.9. The molecule has 0 fully saturated rings. The van der Waals surface area contributed by atoms with Crippen LogP contribution in [0.5, 0.6) is 0 Å². The van der Waals surface area contributed by atoms with Crippen LogP contribution in [0.25, 0.3) is 0 Å². The highest BCUT2D eigenvalue weighted by Gasteiger charge is 2.21. The fourth-order valence-electron chi connectivity index (χ4n) is 1.38. The van der Waals surface area contributed by atoms with Gasteiger partial charge >= 0.3 is 0 Å². The highest BCUT2D eigenvalue weighted by atomic mass is 16.2. The van der Waals surface area contributed by atoms with E-state index in [2.05, 4.69) is 15.6 Å². The van der Waals surface area contributed by atoms with E-state index < -0.39 is 11.9 Å². The summed E-state index contributed by atoms with van der Waals surface area (Å²) in [7, 11) is 0. The summed E-state index contributed by atoms with van der Waals surface area (Å²) in [5, 5.41) is 5.34. The molecule has 1 aromatic rings. The van der Waals surface area contributed by atoms with Crippen LogP contribution < -0.4 is 16.2 Å². The van der Waals surface area contributed by atoms with E-state index in [9.17, 15) is 14.4 Å². The fraction of sp³-hybridized carbons (Fsp3) is 0.462. The molecule has 1 aromatic heterocycles. The topological polar surface area (TPSA) is 91.1 Å². The second-order valence-corrected chi connectivity index (χ2v) is 5.38. The van der Waals surface area contributed by atoms with E-state index in [1.165, 1.54) is 18.3 Å². The Labute approximate surface area is 111 Å². The lowest BCUT2D eigenvalue weighted by Crippen LogP contribution is -2.50. The first-order valence-corrected chi connectivity index (χ1v) is 6.01. The van der Waals surface area contributed by atoms with Crippen molar-refractivity contribution in [3.8, 4) is 0 Å². The molecule has 0 aliphatic carbocycles. The van der Waals surface area contributed by atoms with Gasteiger partial charge in [-0.2, -0.15) is 0 Å². The molecule has 19 heavy (non-hydrogen) atoms. The molecule has 1 atom stereocenters. The molecule has 0 aliphatic heterocycles. The molecule has 3 N–H and O–H groups in total. The summed E-state index contributed by atoms with van der Waals surface area (Å²) in [6, 6.07) is 2.01. The molecule has 0 aliphatic rings. The maximum atomic E-state index is 11.8. The SMILES string of the molecule is CC(NC(=O)c1ccc(=O)[nH]c1)C(=O)NC(C)(C)C. The number of hydrogen-bond donors (Lipinski definition) is 3. The summed E-state index contributed by atoms with van der Waals surface area (Å²) in [5.41, 5.74) is -0.335. The van der Waals surface area contributed by atoms with Gasteiger partial charge in [0.15, 0.2) is 0 Å². The molecule has 1 heterocycles. The Morgan fingerprint density at radius 1 is 1.26 bits per heavy atom. The minimum Gasteiger partial charge on any atom is -0.350 e. The third-order valence-corrected chi connectivity index (χ3v) is 2.29. The number of aromatic nitrogens is 1. The zero-order chi connectivity index (χ0) is 14.6. The number of hydrogen-bond acceptors (Lipinski definition) is 3. The Morgan fingerprint density at radius 2 is 1.89 bits per heavy atom. The standard InChI is InChI=1S/C13H19N3O3/c1-8(11(18)16-13(2,3)4)15-12(19)9-5-6-10(17)14-7-9/h5-8H,1-4H3,(H,14,17)(H,15,19)(H,16,18). The van der Waals surface area contributed by atoms with Crippen molar-refractivity contribution in [2.75, 3.05) is 0 Å². The van der Waals surface area contributed by atoms with E-state index in [0.29, 0.717) is 5.56 Å². The lowest BCUT2D eigenvalue weighted by Gasteiger charge is -2.23. The maximum absolute atomic E-state index is 11.8. The molecule has 2 amide bonds. The molecular formula is C13H19N3O3. The van der Waals surface area contributed by atoms with Gasteiger partial charge in [-0.1, -0.05) is 0 Å². The Kier molecular flexibility index (Phi) is 4.47. The number of nitrogens with one attached hydrogen (secondary N) is 3. The molecule has 0 aromatic carbocycles. The Balaban J connectivity index is 2.64. The number of aromatic amines is 1. The predicted octanol–water partition coefficient (Wildman–Crippen LogP) is 0.408. The Bertz CT molecular complexity index is 508. The molecule has 0 saturated heterocycles. The molecule has 6 heteroatoms. The van der Waals surface area contributed by atoms with Crippen LogP contribution in [0.3, 0.4) is 0 Å². The second kappa shape index (κ2) is 5.69. The van der Waals surface area contributed by atoms with Crippen LogP contribution in [0.2, 0.25) is 0 Å². The van der Waals surface area contributed by atoms with Gasteiger partial charge in [-0.25, -0.2) is 0 Å². The first kappa shape index (κ1) is 14.9. The molecule has 1 rings (SSSR count). The van der Waals surface area contributed by atoms with E-state index in [4.69, 9.17) is 0 Å². The molecule has 104 valence electrons. The van der Waals surface area contributed by atoms with Crippen molar-refractivity contribution >= 4 is 11.8 Å². The normalized spacial score (nSPS) is 12.6. The van der Waals surface area contributed by atoms with Crippen molar-refractivity contribution in [2.24, 2.45) is 0 Å². The van der Waals surface area contributed by atoms with Crippen LogP contribution in [0.1, 0.15) is 38.1 Å². The molecule has 0 saturated carbocycles. The highest BCUT2D eigenvalue weighted by molar-refractivity contribution is 5.97. The van der Waals surface area contributed by atoms with Crippen LogP contribution in [0.4, 0.5) is 0 Å². The number of amides is 2. The molecule has 1 unspecified atom stereocenters. The molecular weight excluding hydrogens is 246 g/mol. The summed E-state index contributed by atoms with van der Waals surface area (Å²) in [5.74, 6) is -0.668. The minimum atomic E-state index is -0.654. The van der Waals surface area contributed by atoms with Crippen LogP contribution in [0, 0.1) is 0 Å². The van der Waals surface area contributed by atoms with Gasteiger partial charge in [0.25, 0.3) is 5.91 Å². The smallest absolute Gasteiger partial charge is 0.253 e. The minimum absolute atomic E-state index is 0.259. The van der Waals surface area contributed by atoms with Crippen molar-refractivity contribution in [3.63, 3.8) is 0 Å². The highest BCUT2D eigenvalue weighted by Crippen LogP contribution is 2.00. The Morgan fingerprint density at radius 3 is 2.37 bits per heavy atom. The monoisotopic (exact) mass is 265 g/mol. The van der Waals surface area contributed by atoms with Gasteiger partial charge in [0.05, 0.1) is 5.56 Å². The summed E-state index contributed by atoms with van der Waals surface area (Å²) in [6.07, 6.45) is 1.31. The van der Waals surface area contributed by atoms with Gasteiger partial charge in [-0.15, -0.1) is 0 Å². The summed E-state index contributed by atoms with van der Waals surface area (Å²) in [6.45, 7) is 7.19. The van der Waals surface area contributed by atoms with E-state index >= 15 is 0 Å². The van der Waals surface area contributed by atoms with Gasteiger partial charge in [-0.05, 0) is 33.8 Å². The summed E-state index contributed by atoms with van der Waals surface area (Å²) < 4.78 is 0. The third kappa shape index (κ3) is 4.95. The van der Waals surface area contributed by atoms with Crippen molar-refractivity contribution in [3.05, 3.63) is 34.2 Å². The summed E-state index contributed by atoms with van der Waals surface area (Å²) >= 11 is 0. The number of pyridine rings is 1. The lowest BCUT2D eigenvalue weighted by molar-refractivity contribution is -0.124. The average Bonchev–Trinajstić information content (AvgIpc) is 2.27. The van der Waals surface area contributed by atoms with E-state index in [1.54, 1.807) is 6.92 Å². The lowest BCUT2D eigenvalue weighted by atomic mass is 10.1. The number of carbonyl (C=O) groups excluding carboxylic acids is 2. The van der Waals surface area contributed by atoms with Crippen molar-refractivity contribution in [2.45, 2.75) is 39.3 Å². The van der Waals surface area contributed by atoms with E-state index in [1.807, 2.05) is 20.8 Å². The van der Waals surface area contributed by atoms with Crippen molar-refractivity contribution in [1.29, 1.82) is 0 Å². The fourth-order valence-corrected chi connectivity index (χ4v) is 1.38. The molecule has 0 spiro atoms. The second-order valence-electron chi connectivity index (χ2n) is 5.38. The average molecular weight is 265 g/mol. The van der Waals surface area contributed by atoms with E-state index in [-0.39, 0.29) is 17.0 Å². The van der Waals surface area contributed by atoms with Crippen molar-refractivity contribution < 1.29 is 9.59 Å². The molecule has 0 radical (unpaired) electrons. The van der Waals surface area contributed by atoms with Gasteiger partial charge in [0.1, 0.15) is 6.04 Å².